The zero-order valence-electron chi connectivity index (χ0n) is 10.8. The Labute approximate surface area is 125 Å². The smallest absolute Gasteiger partial charge is 0.328 e. The van der Waals surface area contributed by atoms with Gasteiger partial charge in [0.1, 0.15) is 12.6 Å². The molecule has 0 saturated heterocycles. The van der Waals surface area contributed by atoms with Crippen molar-refractivity contribution in [3.63, 3.8) is 0 Å². The molecule has 0 aliphatic heterocycles. The van der Waals surface area contributed by atoms with Crippen molar-refractivity contribution >= 4 is 34.5 Å². The average Bonchev–Trinajstić information content (AvgIpc) is 2.39. The Balaban J connectivity index is 2.78. The summed E-state index contributed by atoms with van der Waals surface area (Å²) in [5, 5.41) is 2.60. The molecule has 1 rings (SSSR count). The van der Waals surface area contributed by atoms with Crippen molar-refractivity contribution in [3.8, 4) is 0 Å². The second-order valence-electron chi connectivity index (χ2n) is 3.87. The first-order chi connectivity index (χ1) is 9.08. The van der Waals surface area contributed by atoms with E-state index in [0.29, 0.717) is 6.42 Å². The van der Waals surface area contributed by atoms with Gasteiger partial charge in [0.2, 0.25) is 5.91 Å². The van der Waals surface area contributed by atoms with E-state index in [0.717, 1.165) is 9.13 Å². The molecule has 0 radical (unpaired) electrons. The van der Waals surface area contributed by atoms with E-state index in [1.165, 1.54) is 14.2 Å². The van der Waals surface area contributed by atoms with Crippen LogP contribution in [-0.4, -0.2) is 38.7 Å². The second kappa shape index (κ2) is 8.11. The molecule has 0 spiro atoms. The maximum Gasteiger partial charge on any atom is 0.328 e. The molecule has 0 fully saturated rings. The number of rotatable bonds is 6. The lowest BCUT2D eigenvalue weighted by Crippen LogP contribution is -2.44. The Morgan fingerprint density at radius 1 is 1.32 bits per heavy atom. The number of hydrogen-bond acceptors (Lipinski definition) is 4. The molecule has 104 valence electrons. The second-order valence-corrected chi connectivity index (χ2v) is 5.03. The van der Waals surface area contributed by atoms with Crippen molar-refractivity contribution in [1.82, 2.24) is 5.32 Å². The van der Waals surface area contributed by atoms with Crippen LogP contribution in [0.2, 0.25) is 0 Å². The number of carbonyl (C=O) groups is 2. The molecule has 1 aromatic carbocycles. The van der Waals surface area contributed by atoms with Crippen LogP contribution in [0.5, 0.6) is 0 Å². The van der Waals surface area contributed by atoms with Crippen molar-refractivity contribution < 1.29 is 19.1 Å². The van der Waals surface area contributed by atoms with Gasteiger partial charge in [0, 0.05) is 17.1 Å². The van der Waals surface area contributed by atoms with Crippen LogP contribution >= 0.6 is 22.6 Å². The number of nitrogens with one attached hydrogen (secondary N) is 1. The maximum absolute atomic E-state index is 11.7. The molecule has 0 aliphatic rings. The van der Waals surface area contributed by atoms with E-state index in [1.54, 1.807) is 0 Å². The standard InChI is InChI=1S/C13H16INO4/c1-18-8-12(16)15-11(13(17)19-2)7-9-5-3-4-6-10(9)14/h3-6,11H,7-8H2,1-2H3,(H,15,16)/t11-/m1/s1. The first-order valence-corrected chi connectivity index (χ1v) is 6.76. The molecule has 5 nitrogen and oxygen atoms in total. The van der Waals surface area contributed by atoms with Crippen LogP contribution in [0.3, 0.4) is 0 Å². The molecule has 0 unspecified atom stereocenters. The first kappa shape index (κ1) is 15.9. The molecule has 0 bridgehead atoms. The van der Waals surface area contributed by atoms with Crippen LogP contribution in [0.15, 0.2) is 24.3 Å². The van der Waals surface area contributed by atoms with Crippen LogP contribution in [0.4, 0.5) is 0 Å². The molecule has 19 heavy (non-hydrogen) atoms. The number of benzene rings is 1. The van der Waals surface area contributed by atoms with Gasteiger partial charge in [-0.15, -0.1) is 0 Å². The minimum absolute atomic E-state index is 0.0840. The lowest BCUT2D eigenvalue weighted by molar-refractivity contribution is -0.145. The predicted molar refractivity (Wildman–Crippen MR) is 78.7 cm³/mol. The van der Waals surface area contributed by atoms with Crippen molar-refractivity contribution in [3.05, 3.63) is 33.4 Å². The first-order valence-electron chi connectivity index (χ1n) is 5.68. The molecular formula is C13H16INO4. The summed E-state index contributed by atoms with van der Waals surface area (Å²) in [5.41, 5.74) is 0.983. The number of hydrogen-bond donors (Lipinski definition) is 1. The van der Waals surface area contributed by atoms with Crippen LogP contribution in [0.25, 0.3) is 0 Å². The third-order valence-electron chi connectivity index (χ3n) is 2.48. The van der Waals surface area contributed by atoms with Gasteiger partial charge in [0.05, 0.1) is 7.11 Å². The molecule has 1 aromatic rings. The Kier molecular flexibility index (Phi) is 6.79. The van der Waals surface area contributed by atoms with Crippen molar-refractivity contribution in [1.29, 1.82) is 0 Å². The SMILES string of the molecule is COCC(=O)N[C@H](Cc1ccccc1I)C(=O)OC. The third-order valence-corrected chi connectivity index (χ3v) is 3.53. The zero-order chi connectivity index (χ0) is 14.3. The fourth-order valence-corrected chi connectivity index (χ4v) is 2.19. The maximum atomic E-state index is 11.7. The van der Waals surface area contributed by atoms with E-state index >= 15 is 0 Å². The number of ether oxygens (including phenoxy) is 2. The van der Waals surface area contributed by atoms with E-state index in [9.17, 15) is 9.59 Å². The topological polar surface area (TPSA) is 64.6 Å². The van der Waals surface area contributed by atoms with E-state index in [1.807, 2.05) is 24.3 Å². The minimum Gasteiger partial charge on any atom is -0.467 e. The van der Waals surface area contributed by atoms with Crippen LogP contribution in [-0.2, 0) is 25.5 Å². The van der Waals surface area contributed by atoms with E-state index in [4.69, 9.17) is 9.47 Å². The summed E-state index contributed by atoms with van der Waals surface area (Å²) in [7, 11) is 2.72. The van der Waals surface area contributed by atoms with Gasteiger partial charge in [-0.3, -0.25) is 4.79 Å². The Morgan fingerprint density at radius 3 is 2.58 bits per heavy atom. The number of halogens is 1. The normalized spacial score (nSPS) is 11.7. The highest BCUT2D eigenvalue weighted by Crippen LogP contribution is 2.14. The Morgan fingerprint density at radius 2 is 2.00 bits per heavy atom. The molecular weight excluding hydrogens is 361 g/mol. The summed E-state index contributed by atoms with van der Waals surface area (Å²) < 4.78 is 10.5. The van der Waals surface area contributed by atoms with E-state index in [-0.39, 0.29) is 12.5 Å². The number of methoxy groups -OCH3 is 2. The lowest BCUT2D eigenvalue weighted by Gasteiger charge is -2.17. The Hall–Kier alpha value is -1.15. The molecule has 0 heterocycles. The highest BCUT2D eigenvalue weighted by molar-refractivity contribution is 14.1. The van der Waals surface area contributed by atoms with Crippen LogP contribution < -0.4 is 5.32 Å². The fourth-order valence-electron chi connectivity index (χ4n) is 1.59. The van der Waals surface area contributed by atoms with E-state index < -0.39 is 12.0 Å². The number of amides is 1. The lowest BCUT2D eigenvalue weighted by atomic mass is 10.1. The summed E-state index contributed by atoms with van der Waals surface area (Å²) >= 11 is 2.19. The number of esters is 1. The predicted octanol–water partition coefficient (Wildman–Crippen LogP) is 1.14. The van der Waals surface area contributed by atoms with Gasteiger partial charge in [-0.05, 0) is 34.2 Å². The van der Waals surface area contributed by atoms with Crippen molar-refractivity contribution in [2.75, 3.05) is 20.8 Å². The monoisotopic (exact) mass is 377 g/mol. The zero-order valence-corrected chi connectivity index (χ0v) is 13.0. The van der Waals surface area contributed by atoms with Gasteiger partial charge < -0.3 is 14.8 Å². The Bertz CT molecular complexity index is 450. The molecule has 0 aromatic heterocycles. The highest BCUT2D eigenvalue weighted by Gasteiger charge is 2.22. The van der Waals surface area contributed by atoms with Gasteiger partial charge in [-0.1, -0.05) is 18.2 Å². The summed E-state index contributed by atoms with van der Waals surface area (Å²) in [6.07, 6.45) is 0.390. The molecule has 1 N–H and O–H groups in total. The van der Waals surface area contributed by atoms with E-state index in [2.05, 4.69) is 27.9 Å². The highest BCUT2D eigenvalue weighted by atomic mass is 127. The van der Waals surface area contributed by atoms with Crippen molar-refractivity contribution in [2.45, 2.75) is 12.5 Å². The third kappa shape index (κ3) is 5.15. The number of carbonyl (C=O) groups excluding carboxylic acids is 2. The van der Waals surface area contributed by atoms with Gasteiger partial charge in [0.15, 0.2) is 0 Å². The van der Waals surface area contributed by atoms with Crippen molar-refractivity contribution in [2.24, 2.45) is 0 Å². The molecule has 0 aliphatic carbocycles. The summed E-state index contributed by atoms with van der Waals surface area (Å²) in [6, 6.07) is 6.97. The molecule has 1 amide bonds. The summed E-state index contributed by atoms with van der Waals surface area (Å²) in [6.45, 7) is -0.0840. The van der Waals surface area contributed by atoms with Gasteiger partial charge in [-0.2, -0.15) is 0 Å². The van der Waals surface area contributed by atoms with Gasteiger partial charge in [-0.25, -0.2) is 4.79 Å². The van der Waals surface area contributed by atoms with Crippen LogP contribution in [0.1, 0.15) is 5.56 Å². The largest absolute Gasteiger partial charge is 0.467 e. The van der Waals surface area contributed by atoms with Gasteiger partial charge in [0.25, 0.3) is 0 Å². The van der Waals surface area contributed by atoms with Crippen LogP contribution in [0, 0.1) is 3.57 Å². The molecule has 0 saturated carbocycles. The molecule has 6 heteroatoms. The summed E-state index contributed by atoms with van der Waals surface area (Å²) in [4.78, 5) is 23.2. The minimum atomic E-state index is -0.705. The average molecular weight is 377 g/mol. The fraction of sp³-hybridized carbons (Fsp3) is 0.385. The summed E-state index contributed by atoms with van der Waals surface area (Å²) in [5.74, 6) is -0.812. The van der Waals surface area contributed by atoms with Gasteiger partial charge >= 0.3 is 5.97 Å². The molecule has 1 atom stereocenters. The quantitative estimate of drug-likeness (QED) is 0.597.